The molecule has 5 nitrogen and oxygen atoms in total. The predicted octanol–water partition coefficient (Wildman–Crippen LogP) is 2.54. The molecule has 0 spiro atoms. The average Bonchev–Trinajstić information content (AvgIpc) is 3.20. The van der Waals surface area contributed by atoms with Crippen LogP contribution in [0.1, 0.15) is 31.2 Å². The van der Waals surface area contributed by atoms with Crippen LogP contribution in [0.2, 0.25) is 0 Å². The first-order valence-corrected chi connectivity index (χ1v) is 8.51. The van der Waals surface area contributed by atoms with Crippen LogP contribution in [0.5, 0.6) is 0 Å². The maximum absolute atomic E-state index is 5.80. The highest BCUT2D eigenvalue weighted by Gasteiger charge is 2.21. The van der Waals surface area contributed by atoms with Crippen molar-refractivity contribution in [2.24, 2.45) is 0 Å². The van der Waals surface area contributed by atoms with E-state index in [2.05, 4.69) is 38.7 Å². The average molecular weight is 306 g/mol. The minimum atomic E-state index is 0.363. The number of rotatable bonds is 7. The summed E-state index contributed by atoms with van der Waals surface area (Å²) >= 11 is 1.75. The van der Waals surface area contributed by atoms with Crippen molar-refractivity contribution in [2.45, 2.75) is 45.5 Å². The van der Waals surface area contributed by atoms with E-state index in [0.29, 0.717) is 6.10 Å². The van der Waals surface area contributed by atoms with Gasteiger partial charge in [0.05, 0.1) is 12.6 Å². The molecule has 1 fully saturated rings. The smallest absolute Gasteiger partial charge is 0.141 e. The number of hydrogen-bond acceptors (Lipinski definition) is 5. The van der Waals surface area contributed by atoms with Crippen LogP contribution in [0.25, 0.3) is 0 Å². The van der Waals surface area contributed by atoms with Gasteiger partial charge in [0.1, 0.15) is 12.2 Å². The first kappa shape index (κ1) is 14.7. The highest BCUT2D eigenvalue weighted by Crippen LogP contribution is 2.17. The van der Waals surface area contributed by atoms with Crippen LogP contribution in [0, 0.1) is 0 Å². The maximum atomic E-state index is 5.80. The fourth-order valence-corrected chi connectivity index (χ4v) is 3.44. The Kier molecular flexibility index (Phi) is 5.00. The molecule has 0 radical (unpaired) electrons. The van der Waals surface area contributed by atoms with Gasteiger partial charge in [-0.15, -0.1) is 0 Å². The second-order valence-corrected chi connectivity index (χ2v) is 6.21. The summed E-state index contributed by atoms with van der Waals surface area (Å²) in [6, 6.07) is 2.19. The Morgan fingerprint density at radius 1 is 1.48 bits per heavy atom. The van der Waals surface area contributed by atoms with Crippen LogP contribution in [-0.2, 0) is 24.4 Å². The standard InChI is InChI=1S/C15H22N4OS/c1-2-19-15(16-12-17-19)10-18(8-13-5-7-21-11-13)9-14-4-3-6-20-14/h5,7,11-12,14H,2-4,6,8-10H2,1H3/t14-/m0/s1. The number of hydrogen-bond donors (Lipinski definition) is 0. The van der Waals surface area contributed by atoms with E-state index in [1.807, 2.05) is 4.68 Å². The highest BCUT2D eigenvalue weighted by atomic mass is 32.1. The lowest BCUT2D eigenvalue weighted by molar-refractivity contribution is 0.0665. The van der Waals surface area contributed by atoms with E-state index in [4.69, 9.17) is 4.74 Å². The van der Waals surface area contributed by atoms with Crippen molar-refractivity contribution in [1.82, 2.24) is 19.7 Å². The molecule has 1 aliphatic rings. The number of aryl methyl sites for hydroxylation is 1. The minimum absolute atomic E-state index is 0.363. The summed E-state index contributed by atoms with van der Waals surface area (Å²) in [5, 5.41) is 8.61. The molecule has 3 rings (SSSR count). The SMILES string of the molecule is CCn1ncnc1CN(Cc1ccsc1)C[C@@H]1CCCO1. The molecule has 0 amide bonds. The van der Waals surface area contributed by atoms with E-state index in [0.717, 1.165) is 38.6 Å². The zero-order valence-corrected chi connectivity index (χ0v) is 13.3. The van der Waals surface area contributed by atoms with Crippen LogP contribution in [-0.4, -0.2) is 38.9 Å². The van der Waals surface area contributed by atoms with Crippen LogP contribution < -0.4 is 0 Å². The quantitative estimate of drug-likeness (QED) is 0.788. The number of thiophene rings is 1. The third kappa shape index (κ3) is 3.90. The molecule has 114 valence electrons. The van der Waals surface area contributed by atoms with Crippen molar-refractivity contribution < 1.29 is 4.74 Å². The summed E-state index contributed by atoms with van der Waals surface area (Å²) < 4.78 is 7.76. The molecule has 1 atom stereocenters. The summed E-state index contributed by atoms with van der Waals surface area (Å²) in [5.74, 6) is 1.03. The van der Waals surface area contributed by atoms with Crippen molar-refractivity contribution in [3.63, 3.8) is 0 Å². The van der Waals surface area contributed by atoms with Crippen molar-refractivity contribution in [3.05, 3.63) is 34.5 Å². The molecule has 3 heterocycles. The van der Waals surface area contributed by atoms with Gasteiger partial charge in [-0.2, -0.15) is 16.4 Å². The third-order valence-corrected chi connectivity index (χ3v) is 4.56. The number of aromatic nitrogens is 3. The Morgan fingerprint density at radius 3 is 3.14 bits per heavy atom. The van der Waals surface area contributed by atoms with E-state index in [-0.39, 0.29) is 0 Å². The molecule has 2 aromatic heterocycles. The van der Waals surface area contributed by atoms with Gasteiger partial charge in [-0.1, -0.05) is 0 Å². The van der Waals surface area contributed by atoms with E-state index < -0.39 is 0 Å². The third-order valence-electron chi connectivity index (χ3n) is 3.83. The number of ether oxygens (including phenoxy) is 1. The molecule has 0 bridgehead atoms. The Balaban J connectivity index is 1.68. The van der Waals surface area contributed by atoms with E-state index >= 15 is 0 Å². The fourth-order valence-electron chi connectivity index (χ4n) is 2.78. The normalized spacial score (nSPS) is 18.7. The molecule has 0 aliphatic carbocycles. The summed E-state index contributed by atoms with van der Waals surface area (Å²) in [6.45, 7) is 6.60. The van der Waals surface area contributed by atoms with E-state index in [1.165, 1.54) is 18.4 Å². The fraction of sp³-hybridized carbons (Fsp3) is 0.600. The molecule has 21 heavy (non-hydrogen) atoms. The number of nitrogens with zero attached hydrogens (tertiary/aromatic N) is 4. The van der Waals surface area contributed by atoms with Gasteiger partial charge < -0.3 is 4.74 Å². The summed E-state index contributed by atoms with van der Waals surface area (Å²) in [4.78, 5) is 6.83. The Bertz CT molecular complexity index is 534. The van der Waals surface area contributed by atoms with Crippen LogP contribution in [0.4, 0.5) is 0 Å². The molecule has 1 saturated heterocycles. The molecular weight excluding hydrogens is 284 g/mol. The van der Waals surface area contributed by atoms with Crippen molar-refractivity contribution in [2.75, 3.05) is 13.2 Å². The Labute approximate surface area is 129 Å². The lowest BCUT2D eigenvalue weighted by atomic mass is 10.2. The molecule has 1 aliphatic heterocycles. The molecule has 6 heteroatoms. The van der Waals surface area contributed by atoms with Crippen molar-refractivity contribution in [3.8, 4) is 0 Å². The highest BCUT2D eigenvalue weighted by molar-refractivity contribution is 7.07. The largest absolute Gasteiger partial charge is 0.377 e. The zero-order valence-electron chi connectivity index (χ0n) is 12.4. The van der Waals surface area contributed by atoms with Crippen LogP contribution in [0.15, 0.2) is 23.2 Å². The zero-order chi connectivity index (χ0) is 14.5. The van der Waals surface area contributed by atoms with E-state index in [9.17, 15) is 0 Å². The van der Waals surface area contributed by atoms with Gasteiger partial charge in [0.2, 0.25) is 0 Å². The van der Waals surface area contributed by atoms with Crippen LogP contribution in [0.3, 0.4) is 0 Å². The Morgan fingerprint density at radius 2 is 2.43 bits per heavy atom. The first-order valence-electron chi connectivity index (χ1n) is 7.57. The van der Waals surface area contributed by atoms with Gasteiger partial charge in [-0.25, -0.2) is 9.67 Å². The van der Waals surface area contributed by atoms with Gasteiger partial charge in [0, 0.05) is 26.2 Å². The molecule has 2 aromatic rings. The van der Waals surface area contributed by atoms with Gasteiger partial charge >= 0.3 is 0 Å². The minimum Gasteiger partial charge on any atom is -0.377 e. The molecule has 0 aromatic carbocycles. The van der Waals surface area contributed by atoms with Gasteiger partial charge in [-0.3, -0.25) is 4.90 Å². The van der Waals surface area contributed by atoms with E-state index in [1.54, 1.807) is 17.7 Å². The summed E-state index contributed by atoms with van der Waals surface area (Å²) in [6.07, 6.45) is 4.36. The predicted molar refractivity (Wildman–Crippen MR) is 83.1 cm³/mol. The second kappa shape index (κ2) is 7.15. The molecular formula is C15H22N4OS. The molecule has 0 unspecified atom stereocenters. The van der Waals surface area contributed by atoms with Crippen molar-refractivity contribution in [1.29, 1.82) is 0 Å². The van der Waals surface area contributed by atoms with Crippen LogP contribution >= 0.6 is 11.3 Å². The lowest BCUT2D eigenvalue weighted by Crippen LogP contribution is -2.32. The van der Waals surface area contributed by atoms with Crippen molar-refractivity contribution >= 4 is 11.3 Å². The first-order chi connectivity index (χ1) is 10.3. The maximum Gasteiger partial charge on any atom is 0.141 e. The second-order valence-electron chi connectivity index (χ2n) is 5.43. The summed E-state index contributed by atoms with van der Waals surface area (Å²) in [7, 11) is 0. The topological polar surface area (TPSA) is 43.2 Å². The monoisotopic (exact) mass is 306 g/mol. The van der Waals surface area contributed by atoms with Gasteiger partial charge in [0.25, 0.3) is 0 Å². The molecule has 0 saturated carbocycles. The van der Waals surface area contributed by atoms with Gasteiger partial charge in [0.15, 0.2) is 0 Å². The summed E-state index contributed by atoms with van der Waals surface area (Å²) in [5.41, 5.74) is 1.36. The Hall–Kier alpha value is -1.24. The molecule has 0 N–H and O–H groups in total. The lowest BCUT2D eigenvalue weighted by Gasteiger charge is -2.24. The van der Waals surface area contributed by atoms with Gasteiger partial charge in [-0.05, 0) is 42.2 Å².